The van der Waals surface area contributed by atoms with Crippen molar-refractivity contribution in [3.63, 3.8) is 0 Å². The molecule has 2 aromatic carbocycles. The van der Waals surface area contributed by atoms with E-state index in [1.807, 2.05) is 25.2 Å². The van der Waals surface area contributed by atoms with Crippen LogP contribution in [0.5, 0.6) is 11.6 Å². The van der Waals surface area contributed by atoms with Gasteiger partial charge in [0.05, 0.1) is 11.3 Å². The highest BCUT2D eigenvalue weighted by Crippen LogP contribution is 2.31. The van der Waals surface area contributed by atoms with Crippen molar-refractivity contribution in [2.45, 2.75) is 40.3 Å². The van der Waals surface area contributed by atoms with E-state index in [9.17, 15) is 0 Å². The number of aromatic nitrogens is 2. The minimum atomic E-state index is 0.625. The molecule has 0 N–H and O–H groups in total. The van der Waals surface area contributed by atoms with Crippen LogP contribution < -0.4 is 9.64 Å². The second kappa shape index (κ2) is 9.48. The summed E-state index contributed by atoms with van der Waals surface area (Å²) < 4.78 is 6.32. The Morgan fingerprint density at radius 3 is 2.48 bits per heavy atom. The molecular weight excluding hydrogens is 384 g/mol. The van der Waals surface area contributed by atoms with E-state index < -0.39 is 0 Å². The third-order valence-corrected chi connectivity index (χ3v) is 5.55. The number of nitrogens with zero attached hydrogens (tertiary/aromatic N) is 4. The van der Waals surface area contributed by atoms with Gasteiger partial charge in [-0.3, -0.25) is 4.90 Å². The molecule has 1 aliphatic rings. The number of benzene rings is 2. The van der Waals surface area contributed by atoms with Gasteiger partial charge in [0.2, 0.25) is 11.8 Å². The first-order chi connectivity index (χ1) is 15.0. The molecule has 0 saturated heterocycles. The van der Waals surface area contributed by atoms with Crippen LogP contribution in [-0.2, 0) is 19.5 Å². The lowest BCUT2D eigenvalue weighted by Crippen LogP contribution is -2.34. The lowest BCUT2D eigenvalue weighted by Gasteiger charge is -2.31. The Hall–Kier alpha value is -2.92. The molecule has 3 aromatic rings. The number of anilines is 1. The number of fused-ring (bicyclic) bond motifs is 1. The van der Waals surface area contributed by atoms with E-state index in [0.29, 0.717) is 17.7 Å². The monoisotopic (exact) mass is 416 g/mol. The summed E-state index contributed by atoms with van der Waals surface area (Å²) in [7, 11) is 2.04. The zero-order valence-corrected chi connectivity index (χ0v) is 19.0. The topological polar surface area (TPSA) is 41.5 Å². The Morgan fingerprint density at radius 2 is 1.77 bits per heavy atom. The quantitative estimate of drug-likeness (QED) is 0.528. The fraction of sp³-hybridized carbons (Fsp3) is 0.385. The van der Waals surface area contributed by atoms with Crippen LogP contribution in [0, 0.1) is 12.8 Å². The fourth-order valence-corrected chi connectivity index (χ4v) is 4.00. The molecule has 0 fully saturated rings. The predicted molar refractivity (Wildman–Crippen MR) is 126 cm³/mol. The molecule has 0 saturated carbocycles. The molecule has 0 amide bonds. The van der Waals surface area contributed by atoms with E-state index in [4.69, 9.17) is 14.7 Å². The van der Waals surface area contributed by atoms with Gasteiger partial charge in [0.15, 0.2) is 0 Å². The van der Waals surface area contributed by atoms with Gasteiger partial charge in [-0.15, -0.1) is 0 Å². The predicted octanol–water partition coefficient (Wildman–Crippen LogP) is 5.23. The van der Waals surface area contributed by atoms with Crippen LogP contribution in [0.1, 0.15) is 36.2 Å². The second-order valence-corrected chi connectivity index (χ2v) is 8.89. The third kappa shape index (κ3) is 5.42. The van der Waals surface area contributed by atoms with Gasteiger partial charge in [-0.25, -0.2) is 4.98 Å². The Balaban J connectivity index is 1.65. The number of hydrogen-bond acceptors (Lipinski definition) is 5. The van der Waals surface area contributed by atoms with Gasteiger partial charge in [0, 0.05) is 39.6 Å². The number of rotatable bonds is 7. The van der Waals surface area contributed by atoms with Crippen LogP contribution in [0.2, 0.25) is 0 Å². The maximum absolute atomic E-state index is 6.32. The molecule has 31 heavy (non-hydrogen) atoms. The highest BCUT2D eigenvalue weighted by Gasteiger charge is 2.25. The molecule has 0 unspecified atom stereocenters. The van der Waals surface area contributed by atoms with Crippen molar-refractivity contribution in [1.29, 1.82) is 0 Å². The molecule has 1 aromatic heterocycles. The Morgan fingerprint density at radius 1 is 1.03 bits per heavy atom. The molecular formula is C26H32N4O. The van der Waals surface area contributed by atoms with E-state index in [0.717, 1.165) is 49.6 Å². The normalized spacial score (nSPS) is 13.8. The van der Waals surface area contributed by atoms with Gasteiger partial charge in [0.1, 0.15) is 5.75 Å². The second-order valence-electron chi connectivity index (χ2n) is 8.89. The number of hydrogen-bond donors (Lipinski definition) is 0. The zero-order valence-electron chi connectivity index (χ0n) is 19.0. The first-order valence-electron chi connectivity index (χ1n) is 11.1. The minimum Gasteiger partial charge on any atom is -0.439 e. The summed E-state index contributed by atoms with van der Waals surface area (Å²) in [5.74, 6) is 2.82. The largest absolute Gasteiger partial charge is 0.439 e. The van der Waals surface area contributed by atoms with E-state index in [1.54, 1.807) is 0 Å². The zero-order chi connectivity index (χ0) is 21.8. The molecule has 0 atom stereocenters. The Kier molecular flexibility index (Phi) is 6.52. The summed E-state index contributed by atoms with van der Waals surface area (Å²) in [6.07, 6.45) is 0.918. The summed E-state index contributed by atoms with van der Waals surface area (Å²) in [5.41, 5.74) is 4.66. The van der Waals surface area contributed by atoms with Crippen LogP contribution in [0.15, 0.2) is 54.6 Å². The Labute approximate surface area is 185 Å². The van der Waals surface area contributed by atoms with Gasteiger partial charge in [-0.1, -0.05) is 61.9 Å². The van der Waals surface area contributed by atoms with Crippen LogP contribution >= 0.6 is 0 Å². The van der Waals surface area contributed by atoms with Crippen molar-refractivity contribution in [3.8, 4) is 11.6 Å². The first kappa shape index (κ1) is 21.3. The summed E-state index contributed by atoms with van der Waals surface area (Å²) >= 11 is 0. The van der Waals surface area contributed by atoms with Crippen LogP contribution in [0.25, 0.3) is 0 Å². The number of aryl methyl sites for hydroxylation is 1. The SMILES string of the molecule is Cc1ccc(Oc2nc(N(C)Cc3ccccc3)nc3c2CN(CC(C)C)CC3)cc1. The lowest BCUT2D eigenvalue weighted by atomic mass is 10.0. The molecule has 2 heterocycles. The Bertz CT molecular complexity index is 1000. The maximum atomic E-state index is 6.32. The van der Waals surface area contributed by atoms with Gasteiger partial charge in [0.25, 0.3) is 0 Å². The molecule has 5 heteroatoms. The standard InChI is InChI=1S/C26H32N4O/c1-19(2)16-30-15-14-24-23(18-30)25(31-22-12-10-20(3)11-13-22)28-26(27-24)29(4)17-21-8-6-5-7-9-21/h5-13,19H,14-18H2,1-4H3. The van der Waals surface area contributed by atoms with Crippen molar-refractivity contribution in [3.05, 3.63) is 77.0 Å². The first-order valence-corrected chi connectivity index (χ1v) is 11.1. The highest BCUT2D eigenvalue weighted by molar-refractivity contribution is 5.44. The van der Waals surface area contributed by atoms with Crippen molar-refractivity contribution in [1.82, 2.24) is 14.9 Å². The van der Waals surface area contributed by atoms with Crippen molar-refractivity contribution >= 4 is 5.95 Å². The lowest BCUT2D eigenvalue weighted by molar-refractivity contribution is 0.220. The fourth-order valence-electron chi connectivity index (χ4n) is 4.00. The average Bonchev–Trinajstić information content (AvgIpc) is 2.75. The highest BCUT2D eigenvalue weighted by atomic mass is 16.5. The summed E-state index contributed by atoms with van der Waals surface area (Å²) in [5, 5.41) is 0. The summed E-state index contributed by atoms with van der Waals surface area (Å²) in [4.78, 5) is 14.4. The molecule has 162 valence electrons. The smallest absolute Gasteiger partial charge is 0.228 e. The van der Waals surface area contributed by atoms with Crippen LogP contribution in [0.3, 0.4) is 0 Å². The molecule has 4 rings (SSSR count). The van der Waals surface area contributed by atoms with Gasteiger partial charge in [-0.05, 0) is 30.5 Å². The van der Waals surface area contributed by atoms with Crippen LogP contribution in [0.4, 0.5) is 5.95 Å². The molecule has 0 spiro atoms. The van der Waals surface area contributed by atoms with Crippen LogP contribution in [-0.4, -0.2) is 35.0 Å². The summed E-state index contributed by atoms with van der Waals surface area (Å²) in [6, 6.07) is 18.6. The van der Waals surface area contributed by atoms with Gasteiger partial charge < -0.3 is 9.64 Å². The average molecular weight is 417 g/mol. The van der Waals surface area contributed by atoms with Crippen molar-refractivity contribution in [2.24, 2.45) is 5.92 Å². The van der Waals surface area contributed by atoms with Crippen molar-refractivity contribution < 1.29 is 4.74 Å². The minimum absolute atomic E-state index is 0.625. The molecule has 0 radical (unpaired) electrons. The molecule has 5 nitrogen and oxygen atoms in total. The molecule has 1 aliphatic heterocycles. The summed E-state index contributed by atoms with van der Waals surface area (Å²) in [6.45, 7) is 10.3. The van der Waals surface area contributed by atoms with Crippen molar-refractivity contribution in [2.75, 3.05) is 25.0 Å². The maximum Gasteiger partial charge on any atom is 0.228 e. The van der Waals surface area contributed by atoms with Gasteiger partial charge in [-0.2, -0.15) is 4.98 Å². The third-order valence-electron chi connectivity index (χ3n) is 5.55. The van der Waals surface area contributed by atoms with Gasteiger partial charge >= 0.3 is 0 Å². The van der Waals surface area contributed by atoms with E-state index in [2.05, 4.69) is 67.0 Å². The molecule has 0 aliphatic carbocycles. The number of ether oxygens (including phenoxy) is 1. The van der Waals surface area contributed by atoms with E-state index in [1.165, 1.54) is 11.1 Å². The molecule has 0 bridgehead atoms. The van der Waals surface area contributed by atoms with E-state index >= 15 is 0 Å². The van der Waals surface area contributed by atoms with E-state index in [-0.39, 0.29) is 0 Å².